The number of rotatable bonds is 3. The number of benzene rings is 1. The van der Waals surface area contributed by atoms with Crippen LogP contribution in [0.2, 0.25) is 5.02 Å². The van der Waals surface area contributed by atoms with Gasteiger partial charge in [0.05, 0.1) is 0 Å². The van der Waals surface area contributed by atoms with Crippen LogP contribution in [-0.2, 0) is 6.42 Å². The second-order valence-corrected chi connectivity index (χ2v) is 4.78. The summed E-state index contributed by atoms with van der Waals surface area (Å²) in [5.41, 5.74) is 7.63. The predicted octanol–water partition coefficient (Wildman–Crippen LogP) is 3.15. The Labute approximate surface area is 90.3 Å². The molecule has 0 radical (unpaired) electrons. The molecule has 0 atom stereocenters. The Hall–Kier alpha value is -0.530. The van der Waals surface area contributed by atoms with Crippen LogP contribution in [0.1, 0.15) is 31.2 Å². The smallest absolute Gasteiger partial charge is 0.0406 e. The van der Waals surface area contributed by atoms with E-state index in [4.69, 9.17) is 17.3 Å². The van der Waals surface area contributed by atoms with Crippen LogP contribution >= 0.6 is 11.6 Å². The molecule has 1 aromatic rings. The fourth-order valence-electron chi connectivity index (χ4n) is 1.93. The van der Waals surface area contributed by atoms with Gasteiger partial charge in [-0.3, -0.25) is 0 Å². The van der Waals surface area contributed by atoms with Gasteiger partial charge in [-0.2, -0.15) is 0 Å². The van der Waals surface area contributed by atoms with Crippen LogP contribution < -0.4 is 5.73 Å². The van der Waals surface area contributed by atoms with Gasteiger partial charge < -0.3 is 5.73 Å². The summed E-state index contributed by atoms with van der Waals surface area (Å²) in [6.07, 6.45) is 5.88. The third-order valence-electron chi connectivity index (χ3n) is 3.17. The molecule has 2 heteroatoms. The first-order valence-electron chi connectivity index (χ1n) is 5.21. The minimum Gasteiger partial charge on any atom is -0.325 e. The maximum Gasteiger partial charge on any atom is 0.0406 e. The van der Waals surface area contributed by atoms with Gasteiger partial charge in [0.2, 0.25) is 0 Å². The molecule has 1 aliphatic rings. The van der Waals surface area contributed by atoms with Crippen molar-refractivity contribution in [1.29, 1.82) is 0 Å². The van der Waals surface area contributed by atoms with E-state index >= 15 is 0 Å². The first kappa shape index (κ1) is 10.0. The molecule has 2 N–H and O–H groups in total. The van der Waals surface area contributed by atoms with E-state index in [0.29, 0.717) is 0 Å². The maximum absolute atomic E-state index is 6.15. The van der Waals surface area contributed by atoms with Crippen molar-refractivity contribution in [1.82, 2.24) is 0 Å². The highest BCUT2D eigenvalue weighted by Crippen LogP contribution is 2.33. The van der Waals surface area contributed by atoms with E-state index in [-0.39, 0.29) is 5.54 Å². The third-order valence-corrected chi connectivity index (χ3v) is 3.43. The molecule has 1 aliphatic carbocycles. The van der Waals surface area contributed by atoms with Crippen molar-refractivity contribution in [3.8, 4) is 0 Å². The lowest BCUT2D eigenvalue weighted by atomic mass is 9.74. The van der Waals surface area contributed by atoms with Gasteiger partial charge >= 0.3 is 0 Å². The van der Waals surface area contributed by atoms with Crippen molar-refractivity contribution >= 4 is 11.6 Å². The number of hydrogen-bond acceptors (Lipinski definition) is 1. The third kappa shape index (κ3) is 2.28. The summed E-state index contributed by atoms with van der Waals surface area (Å²) in [6, 6.07) is 8.07. The van der Waals surface area contributed by atoms with E-state index in [9.17, 15) is 0 Å². The highest BCUT2D eigenvalue weighted by molar-refractivity contribution is 6.30. The van der Waals surface area contributed by atoms with E-state index < -0.39 is 0 Å². The Morgan fingerprint density at radius 3 is 2.36 bits per heavy atom. The highest BCUT2D eigenvalue weighted by Gasteiger charge is 2.31. The lowest BCUT2D eigenvalue weighted by molar-refractivity contribution is 0.232. The Kier molecular flexibility index (Phi) is 2.80. The number of aryl methyl sites for hydroxylation is 1. The topological polar surface area (TPSA) is 26.0 Å². The van der Waals surface area contributed by atoms with Crippen LogP contribution in [0.15, 0.2) is 24.3 Å². The van der Waals surface area contributed by atoms with Gasteiger partial charge in [-0.25, -0.2) is 0 Å². The molecule has 0 bridgehead atoms. The van der Waals surface area contributed by atoms with E-state index in [1.807, 2.05) is 12.1 Å². The molecule has 76 valence electrons. The Morgan fingerprint density at radius 1 is 1.21 bits per heavy atom. The molecule has 1 saturated carbocycles. The summed E-state index contributed by atoms with van der Waals surface area (Å²) in [5.74, 6) is 0. The molecule has 0 aromatic heterocycles. The summed E-state index contributed by atoms with van der Waals surface area (Å²) >= 11 is 5.82. The van der Waals surface area contributed by atoms with Crippen molar-refractivity contribution in [3.63, 3.8) is 0 Å². The minimum absolute atomic E-state index is 0.139. The molecule has 0 heterocycles. The molecular formula is C12H16ClN. The number of hydrogen-bond donors (Lipinski definition) is 1. The molecule has 0 unspecified atom stereocenters. The van der Waals surface area contributed by atoms with Crippen LogP contribution in [0.5, 0.6) is 0 Å². The van der Waals surface area contributed by atoms with Gasteiger partial charge in [0.15, 0.2) is 0 Å². The lowest BCUT2D eigenvalue weighted by Crippen LogP contribution is -2.46. The fourth-order valence-corrected chi connectivity index (χ4v) is 2.05. The molecule has 0 amide bonds. The van der Waals surface area contributed by atoms with Crippen molar-refractivity contribution in [3.05, 3.63) is 34.9 Å². The van der Waals surface area contributed by atoms with Crippen LogP contribution in [0.4, 0.5) is 0 Å². The second kappa shape index (κ2) is 3.92. The van der Waals surface area contributed by atoms with Crippen molar-refractivity contribution < 1.29 is 0 Å². The molecule has 1 fully saturated rings. The summed E-state index contributed by atoms with van der Waals surface area (Å²) in [5, 5.41) is 0.805. The van der Waals surface area contributed by atoms with Crippen LogP contribution in [-0.4, -0.2) is 5.54 Å². The molecule has 2 rings (SSSR count). The zero-order valence-corrected chi connectivity index (χ0v) is 9.06. The average molecular weight is 210 g/mol. The first-order chi connectivity index (χ1) is 6.68. The lowest BCUT2D eigenvalue weighted by Gasteiger charge is -2.38. The number of halogens is 1. The van der Waals surface area contributed by atoms with Gasteiger partial charge in [-0.15, -0.1) is 0 Å². The summed E-state index contributed by atoms with van der Waals surface area (Å²) in [4.78, 5) is 0. The fraction of sp³-hybridized carbons (Fsp3) is 0.500. The number of nitrogens with two attached hydrogens (primary N) is 1. The van der Waals surface area contributed by atoms with Gasteiger partial charge in [0.25, 0.3) is 0 Å². The standard InChI is InChI=1S/C12H16ClN/c13-11-4-2-10(3-5-11)6-9-12(14)7-1-8-12/h2-5H,1,6-9,14H2. The van der Waals surface area contributed by atoms with Gasteiger partial charge in [0.1, 0.15) is 0 Å². The zero-order valence-electron chi connectivity index (χ0n) is 8.30. The summed E-state index contributed by atoms with van der Waals surface area (Å²) < 4.78 is 0. The molecule has 1 nitrogen and oxygen atoms in total. The Bertz CT molecular complexity index is 301. The molecule has 1 aromatic carbocycles. The van der Waals surface area contributed by atoms with Gasteiger partial charge in [-0.1, -0.05) is 23.7 Å². The van der Waals surface area contributed by atoms with Crippen LogP contribution in [0, 0.1) is 0 Å². The monoisotopic (exact) mass is 209 g/mol. The van der Waals surface area contributed by atoms with Gasteiger partial charge in [0, 0.05) is 10.6 Å². The Balaban J connectivity index is 1.88. The van der Waals surface area contributed by atoms with Crippen LogP contribution in [0.3, 0.4) is 0 Å². The minimum atomic E-state index is 0.139. The summed E-state index contributed by atoms with van der Waals surface area (Å²) in [7, 11) is 0. The van der Waals surface area contributed by atoms with Crippen molar-refractivity contribution in [2.45, 2.75) is 37.6 Å². The molecule has 0 aliphatic heterocycles. The van der Waals surface area contributed by atoms with Crippen molar-refractivity contribution in [2.24, 2.45) is 5.73 Å². The molecular weight excluding hydrogens is 194 g/mol. The average Bonchev–Trinajstić information content (AvgIpc) is 2.14. The molecule has 0 spiro atoms. The maximum atomic E-state index is 6.15. The quantitative estimate of drug-likeness (QED) is 0.813. The van der Waals surface area contributed by atoms with Gasteiger partial charge in [-0.05, 0) is 49.8 Å². The normalized spacial score (nSPS) is 19.0. The predicted molar refractivity (Wildman–Crippen MR) is 60.5 cm³/mol. The zero-order chi connectivity index (χ0) is 10.0. The largest absolute Gasteiger partial charge is 0.325 e. The van der Waals surface area contributed by atoms with Crippen molar-refractivity contribution in [2.75, 3.05) is 0 Å². The summed E-state index contributed by atoms with van der Waals surface area (Å²) in [6.45, 7) is 0. The first-order valence-corrected chi connectivity index (χ1v) is 5.59. The Morgan fingerprint density at radius 2 is 1.86 bits per heavy atom. The molecule has 14 heavy (non-hydrogen) atoms. The van der Waals surface area contributed by atoms with E-state index in [0.717, 1.165) is 17.9 Å². The SMILES string of the molecule is NC1(CCc2ccc(Cl)cc2)CCC1. The van der Waals surface area contributed by atoms with E-state index in [1.54, 1.807) is 0 Å². The highest BCUT2D eigenvalue weighted by atomic mass is 35.5. The second-order valence-electron chi connectivity index (χ2n) is 4.34. The molecule has 0 saturated heterocycles. The van der Waals surface area contributed by atoms with E-state index in [1.165, 1.54) is 24.8 Å². The van der Waals surface area contributed by atoms with E-state index in [2.05, 4.69) is 12.1 Å². The van der Waals surface area contributed by atoms with Crippen LogP contribution in [0.25, 0.3) is 0 Å².